The van der Waals surface area contributed by atoms with Gasteiger partial charge in [0.2, 0.25) is 0 Å². The van der Waals surface area contributed by atoms with E-state index in [4.69, 9.17) is 9.84 Å². The number of amides is 1. The van der Waals surface area contributed by atoms with Crippen molar-refractivity contribution in [2.75, 3.05) is 6.61 Å². The topological polar surface area (TPSA) is 75.6 Å². The van der Waals surface area contributed by atoms with Gasteiger partial charge < -0.3 is 15.2 Å². The average Bonchev–Trinajstić information content (AvgIpc) is 2.41. The molecule has 0 aromatic heterocycles. The summed E-state index contributed by atoms with van der Waals surface area (Å²) in [6.45, 7) is 7.12. The molecule has 116 valence electrons. The molecule has 1 amide bonds. The molecule has 0 fully saturated rings. The molecule has 0 spiro atoms. The first-order chi connectivity index (χ1) is 9.74. The molecule has 0 heterocycles. The van der Waals surface area contributed by atoms with E-state index in [2.05, 4.69) is 5.32 Å². The van der Waals surface area contributed by atoms with Gasteiger partial charge in [0.15, 0.2) is 6.61 Å². The van der Waals surface area contributed by atoms with E-state index in [-0.39, 0.29) is 6.61 Å². The van der Waals surface area contributed by atoms with Crippen molar-refractivity contribution in [3.05, 3.63) is 29.8 Å². The smallest absolute Gasteiger partial charge is 0.326 e. The summed E-state index contributed by atoms with van der Waals surface area (Å²) in [5.41, 5.74) is 0.551. The third-order valence-corrected chi connectivity index (χ3v) is 3.09. The van der Waals surface area contributed by atoms with Crippen LogP contribution >= 0.6 is 0 Å². The Balaban J connectivity index is 2.59. The van der Waals surface area contributed by atoms with E-state index >= 15 is 0 Å². The highest BCUT2D eigenvalue weighted by Gasteiger charge is 2.32. The van der Waals surface area contributed by atoms with Crippen LogP contribution in [0.2, 0.25) is 0 Å². The van der Waals surface area contributed by atoms with Crippen LogP contribution in [0.25, 0.3) is 0 Å². The van der Waals surface area contributed by atoms with Crippen molar-refractivity contribution < 1.29 is 19.4 Å². The maximum absolute atomic E-state index is 11.8. The van der Waals surface area contributed by atoms with Crippen molar-refractivity contribution in [2.45, 2.75) is 40.2 Å². The fourth-order valence-corrected chi connectivity index (χ4v) is 1.86. The maximum atomic E-state index is 11.8. The fourth-order valence-electron chi connectivity index (χ4n) is 1.86. The molecule has 0 saturated carbocycles. The minimum atomic E-state index is -1.05. The number of carboxylic acids is 1. The Morgan fingerprint density at radius 1 is 1.33 bits per heavy atom. The number of nitrogens with one attached hydrogen (secondary N) is 1. The molecule has 2 N–H and O–H groups in total. The molecule has 0 radical (unpaired) electrons. The zero-order chi connectivity index (χ0) is 16.0. The summed E-state index contributed by atoms with van der Waals surface area (Å²) in [7, 11) is 0. The summed E-state index contributed by atoms with van der Waals surface area (Å²) in [5.74, 6) is -0.893. The number of carboxylic acid groups (broad SMARTS) is 1. The second kappa shape index (κ2) is 7.11. The minimum Gasteiger partial charge on any atom is -0.484 e. The first kappa shape index (κ1) is 17.0. The standard InChI is InChI=1S/C16H23NO4/c1-5-11-7-6-8-12(9-11)21-10-13(18)17-14(15(19)20)16(2,3)4/h6-9,14H,5,10H2,1-4H3,(H,17,18)(H,19,20)/t14-/m1/s1. The highest BCUT2D eigenvalue weighted by atomic mass is 16.5. The molecule has 1 atom stereocenters. The Bertz CT molecular complexity index is 505. The first-order valence-electron chi connectivity index (χ1n) is 6.98. The SMILES string of the molecule is CCc1cccc(OCC(=O)N[C@H](C(=O)O)C(C)(C)C)c1. The first-order valence-corrected chi connectivity index (χ1v) is 6.98. The van der Waals surface area contributed by atoms with Crippen LogP contribution < -0.4 is 10.1 Å². The largest absolute Gasteiger partial charge is 0.484 e. The van der Waals surface area contributed by atoms with Gasteiger partial charge in [-0.25, -0.2) is 4.79 Å². The highest BCUT2D eigenvalue weighted by Crippen LogP contribution is 2.19. The Kier molecular flexibility index (Phi) is 5.76. The Morgan fingerprint density at radius 3 is 2.52 bits per heavy atom. The number of hydrogen-bond acceptors (Lipinski definition) is 3. The van der Waals surface area contributed by atoms with Crippen LogP contribution in [0.15, 0.2) is 24.3 Å². The third kappa shape index (κ3) is 5.45. The molecule has 21 heavy (non-hydrogen) atoms. The van der Waals surface area contributed by atoms with Crippen LogP contribution in [0.1, 0.15) is 33.3 Å². The summed E-state index contributed by atoms with van der Waals surface area (Å²) >= 11 is 0. The summed E-state index contributed by atoms with van der Waals surface area (Å²) in [6, 6.07) is 6.53. The average molecular weight is 293 g/mol. The van der Waals surface area contributed by atoms with E-state index in [1.54, 1.807) is 26.8 Å². The molecule has 0 aliphatic rings. The summed E-state index contributed by atoms with van der Waals surface area (Å²) in [6.07, 6.45) is 0.883. The van der Waals surface area contributed by atoms with Gasteiger partial charge in [0.1, 0.15) is 11.8 Å². The zero-order valence-electron chi connectivity index (χ0n) is 13.0. The summed E-state index contributed by atoms with van der Waals surface area (Å²) in [4.78, 5) is 23.0. The van der Waals surface area contributed by atoms with Crippen LogP contribution in [0.4, 0.5) is 0 Å². The quantitative estimate of drug-likeness (QED) is 0.843. The Hall–Kier alpha value is -2.04. The molecule has 1 aromatic rings. The van der Waals surface area contributed by atoms with Gasteiger partial charge in [0.05, 0.1) is 0 Å². The maximum Gasteiger partial charge on any atom is 0.326 e. The van der Waals surface area contributed by atoms with Crippen molar-refractivity contribution in [1.82, 2.24) is 5.32 Å². The second-order valence-corrected chi connectivity index (χ2v) is 5.99. The van der Waals surface area contributed by atoms with Crippen LogP contribution in [0, 0.1) is 5.41 Å². The number of aryl methyl sites for hydroxylation is 1. The van der Waals surface area contributed by atoms with Gasteiger partial charge in [-0.05, 0) is 29.5 Å². The lowest BCUT2D eigenvalue weighted by Gasteiger charge is -2.27. The van der Waals surface area contributed by atoms with Crippen molar-refractivity contribution >= 4 is 11.9 Å². The fraction of sp³-hybridized carbons (Fsp3) is 0.500. The monoisotopic (exact) mass is 293 g/mol. The van der Waals surface area contributed by atoms with E-state index in [1.165, 1.54) is 0 Å². The Labute approximate surface area is 125 Å². The van der Waals surface area contributed by atoms with Crippen molar-refractivity contribution in [3.8, 4) is 5.75 Å². The van der Waals surface area contributed by atoms with E-state index in [9.17, 15) is 9.59 Å². The molecule has 0 aliphatic heterocycles. The van der Waals surface area contributed by atoms with Gasteiger partial charge in [-0.15, -0.1) is 0 Å². The Morgan fingerprint density at radius 2 is 2.00 bits per heavy atom. The number of carbonyl (C=O) groups excluding carboxylic acids is 1. The van der Waals surface area contributed by atoms with Gasteiger partial charge in [0.25, 0.3) is 5.91 Å². The normalized spacial score (nSPS) is 12.6. The number of rotatable bonds is 6. The molecule has 0 unspecified atom stereocenters. The lowest BCUT2D eigenvalue weighted by Crippen LogP contribution is -2.50. The van der Waals surface area contributed by atoms with Gasteiger partial charge in [-0.1, -0.05) is 39.8 Å². The van der Waals surface area contributed by atoms with Crippen LogP contribution in [-0.4, -0.2) is 29.6 Å². The molecular weight excluding hydrogens is 270 g/mol. The second-order valence-electron chi connectivity index (χ2n) is 5.99. The molecule has 1 aromatic carbocycles. The molecule has 5 heteroatoms. The number of aliphatic carboxylic acids is 1. The molecule has 0 bridgehead atoms. The van der Waals surface area contributed by atoms with E-state index in [0.717, 1.165) is 12.0 Å². The summed E-state index contributed by atoms with van der Waals surface area (Å²) < 4.78 is 5.40. The van der Waals surface area contributed by atoms with Crippen molar-refractivity contribution in [3.63, 3.8) is 0 Å². The molecule has 5 nitrogen and oxygen atoms in total. The highest BCUT2D eigenvalue weighted by molar-refractivity contribution is 5.84. The zero-order valence-corrected chi connectivity index (χ0v) is 13.0. The lowest BCUT2D eigenvalue weighted by molar-refractivity contribution is -0.145. The number of carbonyl (C=O) groups is 2. The van der Waals surface area contributed by atoms with E-state index in [0.29, 0.717) is 5.75 Å². The number of benzene rings is 1. The van der Waals surface area contributed by atoms with Crippen molar-refractivity contribution in [2.24, 2.45) is 5.41 Å². The summed E-state index contributed by atoms with van der Waals surface area (Å²) in [5, 5.41) is 11.6. The van der Waals surface area contributed by atoms with E-state index in [1.807, 2.05) is 25.1 Å². The van der Waals surface area contributed by atoms with E-state index < -0.39 is 23.3 Å². The van der Waals surface area contributed by atoms with Gasteiger partial charge in [0, 0.05) is 0 Å². The molecular formula is C16H23NO4. The minimum absolute atomic E-state index is 0.201. The molecule has 1 rings (SSSR count). The molecule has 0 saturated heterocycles. The number of hydrogen-bond donors (Lipinski definition) is 2. The van der Waals surface area contributed by atoms with Crippen LogP contribution in [-0.2, 0) is 16.0 Å². The van der Waals surface area contributed by atoms with Crippen LogP contribution in [0.5, 0.6) is 5.75 Å². The van der Waals surface area contributed by atoms with Gasteiger partial charge >= 0.3 is 5.97 Å². The lowest BCUT2D eigenvalue weighted by atomic mass is 9.87. The third-order valence-electron chi connectivity index (χ3n) is 3.09. The van der Waals surface area contributed by atoms with Gasteiger partial charge in [-0.2, -0.15) is 0 Å². The van der Waals surface area contributed by atoms with Crippen molar-refractivity contribution in [1.29, 1.82) is 0 Å². The predicted octanol–water partition coefficient (Wildman–Crippen LogP) is 2.24. The number of ether oxygens (including phenoxy) is 1. The molecule has 0 aliphatic carbocycles. The predicted molar refractivity (Wildman–Crippen MR) is 80.3 cm³/mol. The van der Waals surface area contributed by atoms with Gasteiger partial charge in [-0.3, -0.25) is 4.79 Å². The van der Waals surface area contributed by atoms with Crippen LogP contribution in [0.3, 0.4) is 0 Å².